The summed E-state index contributed by atoms with van der Waals surface area (Å²) in [6.45, 7) is 8.26. The summed E-state index contributed by atoms with van der Waals surface area (Å²) >= 11 is 0. The van der Waals surface area contributed by atoms with Gasteiger partial charge in [-0.3, -0.25) is 4.79 Å². The van der Waals surface area contributed by atoms with Crippen LogP contribution in [0.4, 0.5) is 14.9 Å². The number of fused-ring (bicyclic) bond motifs is 1. The maximum absolute atomic E-state index is 14.5. The summed E-state index contributed by atoms with van der Waals surface area (Å²) in [6, 6.07) is 30.3. The number of amides is 1. The number of H-pyrrole nitrogens is 1. The number of hydrogen-bond acceptors (Lipinski definition) is 5. The van der Waals surface area contributed by atoms with Crippen molar-refractivity contribution in [3.8, 4) is 16.9 Å². The Bertz CT molecular complexity index is 1850. The van der Waals surface area contributed by atoms with Gasteiger partial charge in [-0.1, -0.05) is 48.5 Å². The van der Waals surface area contributed by atoms with Crippen LogP contribution in [-0.2, 0) is 4.74 Å². The van der Waals surface area contributed by atoms with E-state index >= 15 is 0 Å². The molecule has 0 radical (unpaired) electrons. The first-order valence-corrected chi connectivity index (χ1v) is 16.0. The first-order chi connectivity index (χ1) is 22.6. The molecule has 2 heterocycles. The highest BCUT2D eigenvalue weighted by atomic mass is 19.1. The molecule has 1 atom stereocenters. The maximum atomic E-state index is 14.5. The van der Waals surface area contributed by atoms with E-state index in [-0.39, 0.29) is 24.1 Å². The zero-order valence-electron chi connectivity index (χ0n) is 27.3. The molecule has 6 rings (SSSR count). The molecule has 1 amide bonds. The average molecular weight is 634 g/mol. The molecule has 0 unspecified atom stereocenters. The van der Waals surface area contributed by atoms with Crippen LogP contribution in [0.15, 0.2) is 97.1 Å². The van der Waals surface area contributed by atoms with Gasteiger partial charge in [-0.15, -0.1) is 0 Å². The molecule has 8 heteroatoms. The third-order valence-corrected chi connectivity index (χ3v) is 8.56. The van der Waals surface area contributed by atoms with Crippen molar-refractivity contribution in [2.75, 3.05) is 38.2 Å². The number of anilines is 1. The zero-order chi connectivity index (χ0) is 33.1. The summed E-state index contributed by atoms with van der Waals surface area (Å²) in [7, 11) is 1.56. The molecule has 1 aliphatic heterocycles. The van der Waals surface area contributed by atoms with Crippen LogP contribution in [0.5, 0.6) is 5.75 Å². The molecule has 1 N–H and O–H groups in total. The van der Waals surface area contributed by atoms with Gasteiger partial charge < -0.3 is 24.3 Å². The molecule has 4 aromatic carbocycles. The number of aromatic nitrogens is 1. The van der Waals surface area contributed by atoms with Crippen molar-refractivity contribution in [2.45, 2.75) is 38.7 Å². The summed E-state index contributed by atoms with van der Waals surface area (Å²) < 4.78 is 25.7. The number of nitrogens with one attached hydrogen (secondary N) is 1. The number of ketones is 1. The monoisotopic (exact) mass is 633 g/mol. The smallest absolute Gasteiger partial charge is 0.410 e. The van der Waals surface area contributed by atoms with Crippen molar-refractivity contribution in [1.82, 2.24) is 9.88 Å². The number of methoxy groups -OCH3 is 1. The number of piperazine rings is 1. The number of hydrogen-bond donors (Lipinski definition) is 1. The van der Waals surface area contributed by atoms with Gasteiger partial charge in [0.1, 0.15) is 17.2 Å². The normalized spacial score (nSPS) is 14.2. The summed E-state index contributed by atoms with van der Waals surface area (Å²) in [5.41, 5.74) is 5.47. The fourth-order valence-corrected chi connectivity index (χ4v) is 6.16. The Morgan fingerprint density at radius 2 is 1.60 bits per heavy atom. The van der Waals surface area contributed by atoms with Gasteiger partial charge in [0.2, 0.25) is 0 Å². The van der Waals surface area contributed by atoms with E-state index in [0.717, 1.165) is 46.5 Å². The Balaban J connectivity index is 1.19. The summed E-state index contributed by atoms with van der Waals surface area (Å²) in [6.07, 6.45) is -0.144. The van der Waals surface area contributed by atoms with Gasteiger partial charge in [0.25, 0.3) is 0 Å². The zero-order valence-corrected chi connectivity index (χ0v) is 27.3. The van der Waals surface area contributed by atoms with Crippen LogP contribution < -0.4 is 9.64 Å². The van der Waals surface area contributed by atoms with Crippen molar-refractivity contribution in [2.24, 2.45) is 0 Å². The minimum absolute atomic E-state index is 0.0544. The number of nitrogens with zero attached hydrogens (tertiary/aromatic N) is 2. The van der Waals surface area contributed by atoms with Gasteiger partial charge in [0.05, 0.1) is 7.11 Å². The van der Waals surface area contributed by atoms with E-state index in [1.165, 1.54) is 12.1 Å². The third-order valence-electron chi connectivity index (χ3n) is 8.56. The number of ether oxygens (including phenoxy) is 2. The highest BCUT2D eigenvalue weighted by Crippen LogP contribution is 2.37. The molecule has 7 nitrogen and oxygen atoms in total. The number of para-hydroxylation sites is 1. The van der Waals surface area contributed by atoms with Gasteiger partial charge in [-0.25, -0.2) is 9.18 Å². The van der Waals surface area contributed by atoms with E-state index in [1.807, 2.05) is 75.4 Å². The van der Waals surface area contributed by atoms with Crippen molar-refractivity contribution in [3.05, 3.63) is 120 Å². The Labute approximate surface area is 274 Å². The predicted octanol–water partition coefficient (Wildman–Crippen LogP) is 8.44. The highest BCUT2D eigenvalue weighted by Gasteiger charge is 2.27. The quantitative estimate of drug-likeness (QED) is 0.174. The lowest BCUT2D eigenvalue weighted by atomic mass is 9.87. The standard InChI is InChI=1S/C39H40FN3O4/c1-39(2,3)47-38(45)43-20-18-42(19-21-43)31-15-12-26(13-16-31)27-9-7-10-29(22-27)36(44)25-32(33-24-30(40)14-17-37(33)46-4)35-23-28-8-5-6-11-34(28)41-35/h5-17,22-24,32,41H,18-21,25H2,1-4H3/t32-/m1/s1. The fourth-order valence-electron chi connectivity index (χ4n) is 6.16. The number of Topliss-reactive ketones (excluding diaryl/α,β-unsaturated/α-hetero) is 1. The lowest BCUT2D eigenvalue weighted by Gasteiger charge is -2.36. The number of rotatable bonds is 8. The van der Waals surface area contributed by atoms with Crippen molar-refractivity contribution in [1.29, 1.82) is 0 Å². The lowest BCUT2D eigenvalue weighted by molar-refractivity contribution is 0.0240. The molecule has 0 saturated carbocycles. The van der Waals surface area contributed by atoms with Crippen molar-refractivity contribution >= 4 is 28.5 Å². The maximum Gasteiger partial charge on any atom is 0.410 e. The molecule has 1 saturated heterocycles. The van der Waals surface area contributed by atoms with E-state index in [9.17, 15) is 14.0 Å². The largest absolute Gasteiger partial charge is 0.496 e. The molecular formula is C39H40FN3O4. The van der Waals surface area contributed by atoms with Crippen molar-refractivity contribution < 1.29 is 23.5 Å². The van der Waals surface area contributed by atoms with Crippen LogP contribution in [-0.4, -0.2) is 60.7 Å². The first kappa shape index (κ1) is 31.9. The highest BCUT2D eigenvalue weighted by molar-refractivity contribution is 5.98. The second kappa shape index (κ2) is 13.3. The Hall–Kier alpha value is -5.11. The minimum Gasteiger partial charge on any atom is -0.496 e. The molecule has 1 aromatic heterocycles. The van der Waals surface area contributed by atoms with Gasteiger partial charge in [0, 0.05) is 66.5 Å². The molecule has 0 aliphatic carbocycles. The number of carbonyl (C=O) groups excluding carboxylic acids is 2. The van der Waals surface area contributed by atoms with Crippen LogP contribution in [0.25, 0.3) is 22.0 Å². The SMILES string of the molecule is COc1ccc(F)cc1[C@@H](CC(=O)c1cccc(-c2ccc(N3CCN(C(=O)OC(C)(C)C)CC3)cc2)c1)c1cc2ccccc2[nH]1. The first-order valence-electron chi connectivity index (χ1n) is 16.0. The third kappa shape index (κ3) is 7.32. The average Bonchev–Trinajstić information content (AvgIpc) is 3.51. The van der Waals surface area contributed by atoms with E-state index in [2.05, 4.69) is 34.1 Å². The summed E-state index contributed by atoms with van der Waals surface area (Å²) in [5, 5.41) is 1.02. The van der Waals surface area contributed by atoms with E-state index < -0.39 is 11.5 Å². The van der Waals surface area contributed by atoms with Gasteiger partial charge in [-0.05, 0) is 85.8 Å². The molecule has 1 fully saturated rings. The number of aromatic amines is 1. The van der Waals surface area contributed by atoms with Crippen LogP contribution in [0.2, 0.25) is 0 Å². The van der Waals surface area contributed by atoms with E-state index in [1.54, 1.807) is 18.1 Å². The van der Waals surface area contributed by atoms with E-state index in [4.69, 9.17) is 9.47 Å². The fraction of sp³-hybridized carbons (Fsp3) is 0.282. The van der Waals surface area contributed by atoms with Gasteiger partial charge >= 0.3 is 6.09 Å². The van der Waals surface area contributed by atoms with Gasteiger partial charge in [-0.2, -0.15) is 0 Å². The molecular weight excluding hydrogens is 593 g/mol. The molecule has 1 aliphatic rings. The second-order valence-corrected chi connectivity index (χ2v) is 13.0. The number of benzene rings is 4. The molecule has 0 spiro atoms. The minimum atomic E-state index is -0.514. The molecule has 5 aromatic rings. The Morgan fingerprint density at radius 3 is 2.30 bits per heavy atom. The second-order valence-electron chi connectivity index (χ2n) is 13.0. The van der Waals surface area contributed by atoms with Crippen LogP contribution in [0.1, 0.15) is 54.7 Å². The summed E-state index contributed by atoms with van der Waals surface area (Å²) in [4.78, 5) is 33.8. The van der Waals surface area contributed by atoms with Crippen LogP contribution in [0.3, 0.4) is 0 Å². The number of halogens is 1. The predicted molar refractivity (Wildman–Crippen MR) is 184 cm³/mol. The molecule has 47 heavy (non-hydrogen) atoms. The lowest BCUT2D eigenvalue weighted by Crippen LogP contribution is -2.50. The molecule has 242 valence electrons. The van der Waals surface area contributed by atoms with Crippen molar-refractivity contribution in [3.63, 3.8) is 0 Å². The summed E-state index contributed by atoms with van der Waals surface area (Å²) in [5.74, 6) is -0.353. The van der Waals surface area contributed by atoms with Gasteiger partial charge in [0.15, 0.2) is 5.78 Å². The Kier molecular flexibility index (Phi) is 9.03. The number of carbonyl (C=O) groups is 2. The van der Waals surface area contributed by atoms with Crippen LogP contribution >= 0.6 is 0 Å². The Morgan fingerprint density at radius 1 is 0.851 bits per heavy atom. The van der Waals surface area contributed by atoms with E-state index in [0.29, 0.717) is 30.0 Å². The molecule has 0 bridgehead atoms. The topological polar surface area (TPSA) is 74.9 Å². The van der Waals surface area contributed by atoms with Crippen LogP contribution in [0, 0.1) is 5.82 Å².